The Morgan fingerprint density at radius 2 is 2.03 bits per heavy atom. The minimum Gasteiger partial charge on any atom is -0.447 e. The number of hydrogen-bond donors (Lipinski definition) is 2. The van der Waals surface area contributed by atoms with E-state index >= 15 is 0 Å². The van der Waals surface area contributed by atoms with Crippen LogP contribution in [0.3, 0.4) is 0 Å². The van der Waals surface area contributed by atoms with E-state index in [-0.39, 0.29) is 23.5 Å². The fourth-order valence-corrected chi connectivity index (χ4v) is 8.00. The molecule has 1 atom stereocenters. The van der Waals surface area contributed by atoms with E-state index < -0.39 is 9.73 Å². The van der Waals surface area contributed by atoms with Gasteiger partial charge in [-0.15, -0.1) is 11.3 Å². The van der Waals surface area contributed by atoms with Gasteiger partial charge in [0.1, 0.15) is 0 Å². The summed E-state index contributed by atoms with van der Waals surface area (Å²) in [6, 6.07) is 6.02. The van der Waals surface area contributed by atoms with E-state index in [1.165, 1.54) is 0 Å². The predicted molar refractivity (Wildman–Crippen MR) is 137 cm³/mol. The molecule has 0 radical (unpaired) electrons. The van der Waals surface area contributed by atoms with Crippen molar-refractivity contribution >= 4 is 32.8 Å². The number of rotatable bonds is 7. The Kier molecular flexibility index (Phi) is 7.05. The number of aromatic nitrogens is 1. The highest BCUT2D eigenvalue weighted by atomic mass is 32.2. The van der Waals surface area contributed by atoms with Crippen molar-refractivity contribution in [1.29, 1.82) is 4.78 Å². The number of carbonyl (C=O) groups excluding carboxylic acids is 1. The fourth-order valence-electron chi connectivity index (χ4n) is 4.85. The fraction of sp³-hybridized carbons (Fsp3) is 0.600. The first-order valence-electron chi connectivity index (χ1n) is 12.6. The summed E-state index contributed by atoms with van der Waals surface area (Å²) >= 11 is 1.64. The maximum absolute atomic E-state index is 13.6. The third kappa shape index (κ3) is 5.49. The van der Waals surface area contributed by atoms with Gasteiger partial charge >= 0.3 is 6.09 Å². The highest BCUT2D eigenvalue weighted by molar-refractivity contribution is 7.93. The second-order valence-electron chi connectivity index (χ2n) is 9.98. The lowest BCUT2D eigenvalue weighted by Crippen LogP contribution is -2.38. The molecule has 5 rings (SSSR count). The highest BCUT2D eigenvalue weighted by Gasteiger charge is 2.36. The number of nitrogens with zero attached hydrogens (tertiary/aromatic N) is 2. The monoisotopic (exact) mass is 518 g/mol. The Hall–Kier alpha value is -2.17. The zero-order valence-electron chi connectivity index (χ0n) is 20.3. The third-order valence-electron chi connectivity index (χ3n) is 6.86. The summed E-state index contributed by atoms with van der Waals surface area (Å²) in [5.74, 6) is 0.345. The number of thiazole rings is 1. The van der Waals surface area contributed by atoms with Crippen molar-refractivity contribution < 1.29 is 18.6 Å². The lowest BCUT2D eigenvalue weighted by atomic mass is 9.86. The molecule has 3 fully saturated rings. The molecule has 35 heavy (non-hydrogen) atoms. The number of hydroxylamine groups is 1. The van der Waals surface area contributed by atoms with Crippen molar-refractivity contribution in [3.05, 3.63) is 29.4 Å². The number of amides is 1. The van der Waals surface area contributed by atoms with Crippen LogP contribution in [-0.4, -0.2) is 45.8 Å². The molecular formula is C25H34N4O4S2. The van der Waals surface area contributed by atoms with Crippen molar-refractivity contribution in [3.63, 3.8) is 0 Å². The SMILES string of the molecule is CC(C)OC(=O)NC1CCC(c2ncc(-c3ccc(N4CCCO4)cc3S(=N)(=O)C3CC3)s2)CC1. The van der Waals surface area contributed by atoms with Crippen molar-refractivity contribution in [2.45, 2.75) is 87.0 Å². The molecule has 2 saturated carbocycles. The van der Waals surface area contributed by atoms with Gasteiger partial charge in [0.2, 0.25) is 0 Å². The van der Waals surface area contributed by atoms with Gasteiger partial charge in [-0.1, -0.05) is 6.07 Å². The second kappa shape index (κ2) is 10.1. The average Bonchev–Trinajstić information content (AvgIpc) is 3.35. The molecule has 3 aliphatic rings. The van der Waals surface area contributed by atoms with Crippen LogP contribution in [0, 0.1) is 4.78 Å². The topological polar surface area (TPSA) is 105 Å². The summed E-state index contributed by atoms with van der Waals surface area (Å²) in [6.45, 7) is 5.18. The molecule has 1 unspecified atom stereocenters. The number of nitrogens with one attached hydrogen (secondary N) is 2. The standard InChI is InChI=1S/C25H34N4O4S2/c1-16(2)33-25(30)28-18-6-4-17(5-7-18)24-27-15-22(34-24)21-11-8-19(29-12-3-13-32-29)14-23(21)35(26,31)20-9-10-20/h8,11,14-18,20,26H,3-7,9-10,12-13H2,1-2H3,(H,28,30). The van der Waals surface area contributed by atoms with Gasteiger partial charge in [0, 0.05) is 35.5 Å². The van der Waals surface area contributed by atoms with E-state index in [2.05, 4.69) is 5.32 Å². The number of ether oxygens (including phenoxy) is 1. The molecule has 2 aliphatic carbocycles. The number of benzene rings is 1. The van der Waals surface area contributed by atoms with Crippen LogP contribution in [-0.2, 0) is 19.3 Å². The minimum atomic E-state index is -2.90. The third-order valence-corrected chi connectivity index (χ3v) is 10.5. The molecule has 1 aromatic carbocycles. The van der Waals surface area contributed by atoms with Crippen LogP contribution in [0.15, 0.2) is 29.3 Å². The first-order valence-corrected chi connectivity index (χ1v) is 15.0. The van der Waals surface area contributed by atoms with Crippen LogP contribution in [0.2, 0.25) is 0 Å². The largest absolute Gasteiger partial charge is 0.447 e. The highest BCUT2D eigenvalue weighted by Crippen LogP contribution is 2.43. The van der Waals surface area contributed by atoms with Gasteiger partial charge in [-0.3, -0.25) is 9.90 Å². The van der Waals surface area contributed by atoms with E-state index in [9.17, 15) is 9.00 Å². The molecule has 1 amide bonds. The first-order chi connectivity index (χ1) is 16.8. The molecular weight excluding hydrogens is 484 g/mol. The van der Waals surface area contributed by atoms with E-state index in [1.807, 2.05) is 43.3 Å². The van der Waals surface area contributed by atoms with Gasteiger partial charge in [0.15, 0.2) is 0 Å². The molecule has 10 heteroatoms. The van der Waals surface area contributed by atoms with Crippen molar-refractivity contribution in [1.82, 2.24) is 10.3 Å². The van der Waals surface area contributed by atoms with Crippen LogP contribution in [0.25, 0.3) is 10.4 Å². The molecule has 2 N–H and O–H groups in total. The van der Waals surface area contributed by atoms with Gasteiger partial charge in [0.25, 0.3) is 0 Å². The van der Waals surface area contributed by atoms with Crippen LogP contribution >= 0.6 is 11.3 Å². The summed E-state index contributed by atoms with van der Waals surface area (Å²) in [6.07, 6.45) is 7.76. The average molecular weight is 519 g/mol. The van der Waals surface area contributed by atoms with E-state index in [0.717, 1.165) is 72.6 Å². The molecule has 2 aromatic rings. The van der Waals surface area contributed by atoms with Crippen LogP contribution in [0.1, 0.15) is 69.7 Å². The Balaban J connectivity index is 1.32. The van der Waals surface area contributed by atoms with Crippen molar-refractivity contribution in [2.75, 3.05) is 18.2 Å². The normalized spacial score (nSPS) is 24.4. The van der Waals surface area contributed by atoms with Crippen LogP contribution < -0.4 is 10.4 Å². The molecule has 2 heterocycles. The molecule has 8 nitrogen and oxygen atoms in total. The van der Waals surface area contributed by atoms with Crippen molar-refractivity contribution in [2.24, 2.45) is 0 Å². The predicted octanol–water partition coefficient (Wildman–Crippen LogP) is 5.68. The lowest BCUT2D eigenvalue weighted by Gasteiger charge is -2.28. The maximum atomic E-state index is 13.6. The Labute approximate surface area is 211 Å². The first kappa shape index (κ1) is 24.5. The number of anilines is 1. The lowest BCUT2D eigenvalue weighted by molar-refractivity contribution is 0.109. The van der Waals surface area contributed by atoms with Gasteiger partial charge < -0.3 is 10.1 Å². The van der Waals surface area contributed by atoms with Gasteiger partial charge in [0.05, 0.1) is 42.9 Å². The minimum absolute atomic E-state index is 0.0615. The number of carbonyl (C=O) groups is 1. The van der Waals surface area contributed by atoms with Gasteiger partial charge in [-0.2, -0.15) is 0 Å². The zero-order chi connectivity index (χ0) is 24.6. The van der Waals surface area contributed by atoms with Gasteiger partial charge in [-0.05, 0) is 70.9 Å². The van der Waals surface area contributed by atoms with E-state index in [0.29, 0.717) is 17.4 Å². The quantitative estimate of drug-likeness (QED) is 0.489. The molecule has 0 bridgehead atoms. The molecule has 190 valence electrons. The summed E-state index contributed by atoms with van der Waals surface area (Å²) < 4.78 is 27.5. The molecule has 0 spiro atoms. The van der Waals surface area contributed by atoms with Crippen molar-refractivity contribution in [3.8, 4) is 10.4 Å². The number of hydrogen-bond acceptors (Lipinski definition) is 8. The maximum Gasteiger partial charge on any atom is 0.407 e. The summed E-state index contributed by atoms with van der Waals surface area (Å²) in [4.78, 5) is 23.9. The zero-order valence-corrected chi connectivity index (χ0v) is 22.0. The van der Waals surface area contributed by atoms with Crippen LogP contribution in [0.5, 0.6) is 0 Å². The smallest absolute Gasteiger partial charge is 0.407 e. The number of alkyl carbamates (subject to hydrolysis) is 1. The van der Waals surface area contributed by atoms with E-state index in [1.54, 1.807) is 11.3 Å². The van der Waals surface area contributed by atoms with Gasteiger partial charge in [-0.25, -0.2) is 18.8 Å². The van der Waals surface area contributed by atoms with Crippen LogP contribution in [0.4, 0.5) is 10.5 Å². The Morgan fingerprint density at radius 1 is 1.26 bits per heavy atom. The second-order valence-corrected chi connectivity index (χ2v) is 13.3. The Bertz CT molecular complexity index is 1160. The molecule has 1 aliphatic heterocycles. The summed E-state index contributed by atoms with van der Waals surface area (Å²) in [7, 11) is -2.90. The molecule has 1 aromatic heterocycles. The summed E-state index contributed by atoms with van der Waals surface area (Å²) in [5.41, 5.74) is 1.73. The summed E-state index contributed by atoms with van der Waals surface area (Å²) in [5, 5.41) is 5.83. The molecule has 1 saturated heterocycles. The van der Waals surface area contributed by atoms with E-state index in [4.69, 9.17) is 19.3 Å². The Morgan fingerprint density at radius 3 is 2.69 bits per heavy atom.